The molecule has 2 rings (SSSR count). The number of para-hydroxylation sites is 1. The van der Waals surface area contributed by atoms with Crippen molar-refractivity contribution in [3.8, 4) is 0 Å². The molecule has 1 heterocycles. The molecule has 2 aromatic rings. The van der Waals surface area contributed by atoms with Gasteiger partial charge in [0.15, 0.2) is 0 Å². The summed E-state index contributed by atoms with van der Waals surface area (Å²) in [6.07, 6.45) is 3.15. The number of rotatable bonds is 4. The molecule has 0 saturated heterocycles. The lowest BCUT2D eigenvalue weighted by Crippen LogP contribution is -1.99. The standard InChI is InChI=1S/C13H16NO/c1-11-10-14(8-5-9-15-2)13-7-4-3-6-12(11)13/h3-4,6-7,10H,1,5,8-9H2,2H3. The average molecular weight is 202 g/mol. The molecule has 0 aliphatic heterocycles. The zero-order valence-electron chi connectivity index (χ0n) is 9.07. The molecule has 0 atom stereocenters. The highest BCUT2D eigenvalue weighted by atomic mass is 16.5. The summed E-state index contributed by atoms with van der Waals surface area (Å²) in [6, 6.07) is 8.37. The van der Waals surface area contributed by atoms with Gasteiger partial charge in [-0.25, -0.2) is 0 Å². The molecule has 79 valence electrons. The Morgan fingerprint density at radius 3 is 2.93 bits per heavy atom. The topological polar surface area (TPSA) is 14.2 Å². The maximum absolute atomic E-state index is 5.05. The van der Waals surface area contributed by atoms with Gasteiger partial charge in [-0.3, -0.25) is 0 Å². The number of nitrogens with zero attached hydrogens (tertiary/aromatic N) is 1. The van der Waals surface area contributed by atoms with Crippen LogP contribution in [0.25, 0.3) is 10.9 Å². The summed E-state index contributed by atoms with van der Waals surface area (Å²) in [6.45, 7) is 5.84. The van der Waals surface area contributed by atoms with Crippen LogP contribution in [-0.2, 0) is 11.3 Å². The molecule has 15 heavy (non-hydrogen) atoms. The molecule has 0 amide bonds. The van der Waals surface area contributed by atoms with E-state index in [1.165, 1.54) is 10.9 Å². The van der Waals surface area contributed by atoms with Gasteiger partial charge in [0.25, 0.3) is 0 Å². The van der Waals surface area contributed by atoms with Crippen LogP contribution in [0.4, 0.5) is 0 Å². The number of hydrogen-bond donors (Lipinski definition) is 0. The van der Waals surface area contributed by atoms with Gasteiger partial charge in [-0.05, 0) is 25.0 Å². The Hall–Kier alpha value is -1.28. The van der Waals surface area contributed by atoms with Crippen LogP contribution < -0.4 is 0 Å². The maximum atomic E-state index is 5.05. The van der Waals surface area contributed by atoms with Crippen molar-refractivity contribution in [2.24, 2.45) is 0 Å². The molecule has 0 bridgehead atoms. The molecule has 0 aliphatic rings. The zero-order valence-corrected chi connectivity index (χ0v) is 9.07. The highest BCUT2D eigenvalue weighted by Gasteiger charge is 2.03. The lowest BCUT2D eigenvalue weighted by atomic mass is 10.2. The van der Waals surface area contributed by atoms with E-state index in [1.54, 1.807) is 7.11 Å². The van der Waals surface area contributed by atoms with E-state index in [-0.39, 0.29) is 0 Å². The summed E-state index contributed by atoms with van der Waals surface area (Å²) in [5.74, 6) is 0. The van der Waals surface area contributed by atoms with Gasteiger partial charge < -0.3 is 9.30 Å². The van der Waals surface area contributed by atoms with Crippen molar-refractivity contribution in [2.75, 3.05) is 13.7 Å². The van der Waals surface area contributed by atoms with E-state index < -0.39 is 0 Å². The summed E-state index contributed by atoms with van der Waals surface area (Å²) in [7, 11) is 1.74. The Labute approximate surface area is 90.5 Å². The lowest BCUT2D eigenvalue weighted by molar-refractivity contribution is 0.190. The summed E-state index contributed by atoms with van der Waals surface area (Å²) in [5, 5.41) is 1.25. The Morgan fingerprint density at radius 2 is 2.13 bits per heavy atom. The summed E-state index contributed by atoms with van der Waals surface area (Å²) < 4.78 is 7.30. The number of hydrogen-bond acceptors (Lipinski definition) is 1. The largest absolute Gasteiger partial charge is 0.385 e. The van der Waals surface area contributed by atoms with Crippen molar-refractivity contribution in [3.63, 3.8) is 0 Å². The van der Waals surface area contributed by atoms with Crippen molar-refractivity contribution in [3.05, 3.63) is 42.9 Å². The van der Waals surface area contributed by atoms with E-state index >= 15 is 0 Å². The highest BCUT2D eigenvalue weighted by molar-refractivity contribution is 5.84. The summed E-state index contributed by atoms with van der Waals surface area (Å²) >= 11 is 0. The minimum Gasteiger partial charge on any atom is -0.385 e. The van der Waals surface area contributed by atoms with Crippen LogP contribution in [0.15, 0.2) is 30.5 Å². The Kier molecular flexibility index (Phi) is 3.07. The van der Waals surface area contributed by atoms with Crippen molar-refractivity contribution in [1.29, 1.82) is 0 Å². The molecule has 1 aromatic carbocycles. The first-order chi connectivity index (χ1) is 7.33. The number of aryl methyl sites for hydroxylation is 1. The third kappa shape index (κ3) is 2.05. The summed E-state index contributed by atoms with van der Waals surface area (Å²) in [5.41, 5.74) is 2.36. The zero-order chi connectivity index (χ0) is 10.7. The van der Waals surface area contributed by atoms with Crippen molar-refractivity contribution in [2.45, 2.75) is 13.0 Å². The van der Waals surface area contributed by atoms with Gasteiger partial charge in [0.2, 0.25) is 0 Å². The van der Waals surface area contributed by atoms with Crippen LogP contribution in [0.3, 0.4) is 0 Å². The van der Waals surface area contributed by atoms with Crippen LogP contribution >= 0.6 is 0 Å². The number of fused-ring (bicyclic) bond motifs is 1. The molecule has 0 aliphatic carbocycles. The third-order valence-electron chi connectivity index (χ3n) is 2.62. The predicted octanol–water partition coefficient (Wildman–Crippen LogP) is 2.86. The van der Waals surface area contributed by atoms with Crippen molar-refractivity contribution in [1.82, 2.24) is 4.57 Å². The smallest absolute Gasteiger partial charge is 0.0483 e. The van der Waals surface area contributed by atoms with E-state index in [0.717, 1.165) is 25.1 Å². The van der Waals surface area contributed by atoms with Crippen molar-refractivity contribution >= 4 is 10.9 Å². The van der Waals surface area contributed by atoms with E-state index in [0.29, 0.717) is 0 Å². The van der Waals surface area contributed by atoms with Gasteiger partial charge in [-0.15, -0.1) is 0 Å². The fraction of sp³-hybridized carbons (Fsp3) is 0.308. The first-order valence-corrected chi connectivity index (χ1v) is 5.21. The fourth-order valence-corrected chi connectivity index (χ4v) is 1.89. The van der Waals surface area contributed by atoms with Gasteiger partial charge in [-0.2, -0.15) is 0 Å². The molecular weight excluding hydrogens is 186 g/mol. The van der Waals surface area contributed by atoms with E-state index in [1.807, 2.05) is 0 Å². The maximum Gasteiger partial charge on any atom is 0.0483 e. The molecule has 2 nitrogen and oxygen atoms in total. The van der Waals surface area contributed by atoms with E-state index in [9.17, 15) is 0 Å². The molecule has 1 radical (unpaired) electrons. The quantitative estimate of drug-likeness (QED) is 0.695. The lowest BCUT2D eigenvalue weighted by Gasteiger charge is -2.04. The van der Waals surface area contributed by atoms with Crippen molar-refractivity contribution < 1.29 is 4.74 Å². The molecule has 0 saturated carbocycles. The Bertz CT molecular complexity index is 445. The average Bonchev–Trinajstić information content (AvgIpc) is 2.58. The second-order valence-corrected chi connectivity index (χ2v) is 3.71. The first kappa shape index (κ1) is 10.2. The summed E-state index contributed by atoms with van der Waals surface area (Å²) in [4.78, 5) is 0. The normalized spacial score (nSPS) is 11.1. The molecule has 2 heteroatoms. The Morgan fingerprint density at radius 1 is 1.33 bits per heavy atom. The van der Waals surface area contributed by atoms with Crippen LogP contribution in [-0.4, -0.2) is 18.3 Å². The van der Waals surface area contributed by atoms with E-state index in [2.05, 4.69) is 42.0 Å². The van der Waals surface area contributed by atoms with Crippen LogP contribution in [0.1, 0.15) is 12.0 Å². The van der Waals surface area contributed by atoms with Gasteiger partial charge in [0.05, 0.1) is 0 Å². The monoisotopic (exact) mass is 202 g/mol. The second kappa shape index (κ2) is 4.49. The number of ether oxygens (including phenoxy) is 1. The Balaban J connectivity index is 2.27. The minimum absolute atomic E-state index is 0.805. The molecular formula is C13H16NO. The second-order valence-electron chi connectivity index (χ2n) is 3.71. The molecule has 0 fully saturated rings. The van der Waals surface area contributed by atoms with Gasteiger partial charge in [0.1, 0.15) is 0 Å². The van der Waals surface area contributed by atoms with Gasteiger partial charge >= 0.3 is 0 Å². The fourth-order valence-electron chi connectivity index (χ4n) is 1.89. The SMILES string of the molecule is [CH2]c1cn(CCCOC)c2ccccc12. The third-order valence-corrected chi connectivity index (χ3v) is 2.62. The molecule has 1 aromatic heterocycles. The predicted molar refractivity (Wildman–Crippen MR) is 62.9 cm³/mol. The molecule has 0 spiro atoms. The molecule has 0 N–H and O–H groups in total. The minimum atomic E-state index is 0.805. The highest BCUT2D eigenvalue weighted by Crippen LogP contribution is 2.20. The van der Waals surface area contributed by atoms with Crippen LogP contribution in [0.2, 0.25) is 0 Å². The number of benzene rings is 1. The van der Waals surface area contributed by atoms with Gasteiger partial charge in [-0.1, -0.05) is 18.2 Å². The molecule has 0 unspecified atom stereocenters. The van der Waals surface area contributed by atoms with Crippen LogP contribution in [0.5, 0.6) is 0 Å². The van der Waals surface area contributed by atoms with Gasteiger partial charge in [0, 0.05) is 37.4 Å². The first-order valence-electron chi connectivity index (χ1n) is 5.21. The number of methoxy groups -OCH3 is 1. The number of aromatic nitrogens is 1. The van der Waals surface area contributed by atoms with Crippen LogP contribution in [0, 0.1) is 6.92 Å². The van der Waals surface area contributed by atoms with E-state index in [4.69, 9.17) is 4.74 Å².